The molecule has 0 aromatic heterocycles. The first-order valence-corrected chi connectivity index (χ1v) is 5.37. The molecule has 1 aliphatic heterocycles. The summed E-state index contributed by atoms with van der Waals surface area (Å²) in [6.07, 6.45) is 1.37. The van der Waals surface area contributed by atoms with Crippen molar-refractivity contribution in [3.8, 4) is 0 Å². The lowest BCUT2D eigenvalue weighted by molar-refractivity contribution is -0.0282. The van der Waals surface area contributed by atoms with Crippen LogP contribution in [-0.2, 0) is 5.60 Å². The average Bonchev–Trinajstić information content (AvgIpc) is 2.15. The number of benzene rings is 1. The Morgan fingerprint density at radius 1 is 1.25 bits per heavy atom. The third-order valence-corrected chi connectivity index (χ3v) is 3.06. The summed E-state index contributed by atoms with van der Waals surface area (Å²) in [7, 11) is 1.89. The predicted molar refractivity (Wildman–Crippen MR) is 57.0 cm³/mol. The maximum Gasteiger partial charge on any atom is 0.126 e. The Bertz CT molecular complexity index is 376. The minimum atomic E-state index is -1.13. The fourth-order valence-corrected chi connectivity index (χ4v) is 2.30. The van der Waals surface area contributed by atoms with Gasteiger partial charge in [-0.05, 0) is 44.1 Å². The number of nitrogens with zero attached hydrogens (tertiary/aromatic N) is 1. The van der Waals surface area contributed by atoms with Gasteiger partial charge in [-0.1, -0.05) is 0 Å². The molecule has 1 heterocycles. The highest BCUT2D eigenvalue weighted by molar-refractivity contribution is 5.25. The Balaban J connectivity index is 2.34. The van der Waals surface area contributed by atoms with Gasteiger partial charge in [0.05, 0.1) is 0 Å². The fourth-order valence-electron chi connectivity index (χ4n) is 2.30. The maximum absolute atomic E-state index is 13.1. The molecule has 0 bridgehead atoms. The molecule has 2 nitrogen and oxygen atoms in total. The van der Waals surface area contributed by atoms with E-state index in [1.54, 1.807) is 0 Å². The van der Waals surface area contributed by atoms with Crippen LogP contribution in [0.4, 0.5) is 8.78 Å². The van der Waals surface area contributed by atoms with Crippen molar-refractivity contribution in [2.45, 2.75) is 18.4 Å². The van der Waals surface area contributed by atoms with Crippen LogP contribution >= 0.6 is 0 Å². The first-order chi connectivity index (χ1) is 7.49. The molecule has 1 unspecified atom stereocenters. The zero-order chi connectivity index (χ0) is 11.8. The summed E-state index contributed by atoms with van der Waals surface area (Å²) in [4.78, 5) is 1.96. The Morgan fingerprint density at radius 2 is 1.88 bits per heavy atom. The molecule has 0 radical (unpaired) electrons. The van der Waals surface area contributed by atoms with Crippen LogP contribution in [-0.4, -0.2) is 30.1 Å². The highest BCUT2D eigenvalue weighted by Crippen LogP contribution is 2.31. The minimum Gasteiger partial charge on any atom is -0.384 e. The number of likely N-dealkylation sites (tertiary alicyclic amines) is 1. The predicted octanol–water partition coefficient (Wildman–Crippen LogP) is 1.88. The SMILES string of the molecule is CN1CCCC(O)(c2cc(F)cc(F)c2)C1. The number of rotatable bonds is 1. The van der Waals surface area contributed by atoms with Crippen molar-refractivity contribution in [3.05, 3.63) is 35.4 Å². The van der Waals surface area contributed by atoms with Crippen LogP contribution in [0.5, 0.6) is 0 Å². The molecule has 1 aromatic rings. The van der Waals surface area contributed by atoms with Crippen molar-refractivity contribution in [3.63, 3.8) is 0 Å². The third-order valence-electron chi connectivity index (χ3n) is 3.06. The fraction of sp³-hybridized carbons (Fsp3) is 0.500. The highest BCUT2D eigenvalue weighted by atomic mass is 19.1. The van der Waals surface area contributed by atoms with E-state index in [0.717, 1.165) is 19.0 Å². The lowest BCUT2D eigenvalue weighted by atomic mass is 9.86. The minimum absolute atomic E-state index is 0.330. The van der Waals surface area contributed by atoms with Gasteiger partial charge in [0.15, 0.2) is 0 Å². The van der Waals surface area contributed by atoms with Crippen molar-refractivity contribution in [2.24, 2.45) is 0 Å². The molecule has 16 heavy (non-hydrogen) atoms. The molecule has 0 amide bonds. The zero-order valence-corrected chi connectivity index (χ0v) is 9.21. The second-order valence-electron chi connectivity index (χ2n) is 4.53. The van der Waals surface area contributed by atoms with Gasteiger partial charge in [0, 0.05) is 12.6 Å². The van der Waals surface area contributed by atoms with E-state index in [2.05, 4.69) is 0 Å². The van der Waals surface area contributed by atoms with Crippen LogP contribution in [0.2, 0.25) is 0 Å². The van der Waals surface area contributed by atoms with Crippen LogP contribution in [0.25, 0.3) is 0 Å². The molecule has 1 fully saturated rings. The van der Waals surface area contributed by atoms with Gasteiger partial charge in [-0.25, -0.2) is 8.78 Å². The summed E-state index contributed by atoms with van der Waals surface area (Å²) in [5.74, 6) is -1.28. The molecule has 0 saturated carbocycles. The van der Waals surface area contributed by atoms with E-state index in [-0.39, 0.29) is 0 Å². The molecule has 1 aliphatic rings. The average molecular weight is 227 g/mol. The van der Waals surface area contributed by atoms with E-state index in [4.69, 9.17) is 0 Å². The number of piperidine rings is 1. The number of hydrogen-bond donors (Lipinski definition) is 1. The summed E-state index contributed by atoms with van der Waals surface area (Å²) >= 11 is 0. The molecule has 0 spiro atoms. The van der Waals surface area contributed by atoms with Crippen molar-refractivity contribution in [2.75, 3.05) is 20.1 Å². The van der Waals surface area contributed by atoms with Crippen LogP contribution in [0.1, 0.15) is 18.4 Å². The zero-order valence-electron chi connectivity index (χ0n) is 9.21. The molecule has 4 heteroatoms. The molecule has 0 aliphatic carbocycles. The number of β-amino-alcohol motifs (C(OH)–C–C–N with tert-alkyl or cyclic N) is 1. The standard InChI is InChI=1S/C12H15F2NO/c1-15-4-2-3-12(16,8-15)9-5-10(13)7-11(14)6-9/h5-7,16H,2-4,8H2,1H3. The highest BCUT2D eigenvalue weighted by Gasteiger charge is 2.34. The largest absolute Gasteiger partial charge is 0.384 e. The first kappa shape index (κ1) is 11.5. The summed E-state index contributed by atoms with van der Waals surface area (Å²) < 4.78 is 26.2. The van der Waals surface area contributed by atoms with Gasteiger partial charge in [0.25, 0.3) is 0 Å². The van der Waals surface area contributed by atoms with Crippen LogP contribution in [0, 0.1) is 11.6 Å². The van der Waals surface area contributed by atoms with Crippen LogP contribution in [0.3, 0.4) is 0 Å². The van der Waals surface area contributed by atoms with Gasteiger partial charge in [-0.2, -0.15) is 0 Å². The number of aliphatic hydroxyl groups is 1. The van der Waals surface area contributed by atoms with Gasteiger partial charge in [-0.3, -0.25) is 0 Å². The van der Waals surface area contributed by atoms with E-state index in [0.29, 0.717) is 18.5 Å². The third kappa shape index (κ3) is 2.23. The molecule has 2 rings (SSSR count). The summed E-state index contributed by atoms with van der Waals surface area (Å²) in [5.41, 5.74) is -0.799. The number of halogens is 2. The van der Waals surface area contributed by atoms with Gasteiger partial charge in [-0.15, -0.1) is 0 Å². The van der Waals surface area contributed by atoms with Gasteiger partial charge in [0.1, 0.15) is 17.2 Å². The molecule has 1 N–H and O–H groups in total. The molecule has 1 aromatic carbocycles. The molecular weight excluding hydrogens is 212 g/mol. The van der Waals surface area contributed by atoms with Crippen molar-refractivity contribution in [1.29, 1.82) is 0 Å². The second-order valence-corrected chi connectivity index (χ2v) is 4.53. The molecular formula is C12H15F2NO. The lowest BCUT2D eigenvalue weighted by Crippen LogP contribution is -2.44. The van der Waals surface area contributed by atoms with Gasteiger partial charge in [0.2, 0.25) is 0 Å². The van der Waals surface area contributed by atoms with E-state index < -0.39 is 17.2 Å². The van der Waals surface area contributed by atoms with Crippen LogP contribution in [0.15, 0.2) is 18.2 Å². The van der Waals surface area contributed by atoms with Crippen molar-refractivity contribution < 1.29 is 13.9 Å². The second kappa shape index (κ2) is 4.11. The molecule has 1 atom stereocenters. The van der Waals surface area contributed by atoms with E-state index in [1.807, 2.05) is 11.9 Å². The summed E-state index contributed by atoms with van der Waals surface area (Å²) in [6, 6.07) is 3.24. The van der Waals surface area contributed by atoms with Crippen LogP contribution < -0.4 is 0 Å². The van der Waals surface area contributed by atoms with E-state index in [9.17, 15) is 13.9 Å². The maximum atomic E-state index is 13.1. The van der Waals surface area contributed by atoms with Crippen molar-refractivity contribution in [1.82, 2.24) is 4.90 Å². The summed E-state index contributed by atoms with van der Waals surface area (Å²) in [5, 5.41) is 10.4. The normalized spacial score (nSPS) is 27.0. The lowest BCUT2D eigenvalue weighted by Gasteiger charge is -2.37. The summed E-state index contributed by atoms with van der Waals surface area (Å²) in [6.45, 7) is 1.32. The van der Waals surface area contributed by atoms with Gasteiger partial charge < -0.3 is 10.0 Å². The van der Waals surface area contributed by atoms with Gasteiger partial charge >= 0.3 is 0 Å². The first-order valence-electron chi connectivity index (χ1n) is 5.37. The number of hydrogen-bond acceptors (Lipinski definition) is 2. The van der Waals surface area contributed by atoms with Crippen molar-refractivity contribution >= 4 is 0 Å². The molecule has 1 saturated heterocycles. The Hall–Kier alpha value is -1.00. The Kier molecular flexibility index (Phi) is 2.95. The number of likely N-dealkylation sites (N-methyl/N-ethyl adjacent to an activating group) is 1. The topological polar surface area (TPSA) is 23.5 Å². The van der Waals surface area contributed by atoms with E-state index in [1.165, 1.54) is 12.1 Å². The quantitative estimate of drug-likeness (QED) is 0.791. The Morgan fingerprint density at radius 3 is 2.44 bits per heavy atom. The monoisotopic (exact) mass is 227 g/mol. The Labute approximate surface area is 93.5 Å². The molecule has 88 valence electrons. The van der Waals surface area contributed by atoms with E-state index >= 15 is 0 Å². The smallest absolute Gasteiger partial charge is 0.126 e.